The van der Waals surface area contributed by atoms with Crippen molar-refractivity contribution >= 4 is 40.8 Å². The molecule has 0 unspecified atom stereocenters. The fraction of sp³-hybridized carbons (Fsp3) is 0.815. The van der Waals surface area contributed by atoms with E-state index in [-0.39, 0.29) is 43.1 Å². The van der Waals surface area contributed by atoms with Crippen LogP contribution in [0.15, 0.2) is 10.2 Å². The minimum absolute atomic E-state index is 0.0203. The zero-order valence-electron chi connectivity index (χ0n) is 23.9. The molecule has 4 atom stereocenters. The fourth-order valence-electron chi connectivity index (χ4n) is 3.97. The maximum absolute atomic E-state index is 11.8. The molecule has 2 fully saturated rings. The number of hydrogen-bond donors (Lipinski definition) is 0. The smallest absolute Gasteiger partial charge is 0.308 e. The van der Waals surface area contributed by atoms with E-state index >= 15 is 0 Å². The number of hydrogen-bond acceptors (Lipinski definition) is 9. The van der Waals surface area contributed by atoms with Crippen LogP contribution in [0.2, 0.25) is 0 Å². The van der Waals surface area contributed by atoms with Crippen molar-refractivity contribution in [2.24, 2.45) is 0 Å². The van der Waals surface area contributed by atoms with Gasteiger partial charge in [-0.3, -0.25) is 9.59 Å². The normalized spacial score (nSPS) is 27.5. The van der Waals surface area contributed by atoms with Crippen LogP contribution in [0.5, 0.6) is 0 Å². The molecule has 0 saturated carbocycles. The van der Waals surface area contributed by atoms with Crippen molar-refractivity contribution in [2.75, 3.05) is 0 Å². The lowest BCUT2D eigenvalue weighted by Gasteiger charge is -2.39. The van der Waals surface area contributed by atoms with Crippen LogP contribution in [0.1, 0.15) is 94.9 Å². The first kappa shape index (κ1) is 33.9. The molecule has 0 aromatic rings. The summed E-state index contributed by atoms with van der Waals surface area (Å²) in [4.78, 5) is 34.4. The Morgan fingerprint density at radius 2 is 1.16 bits per heavy atom. The van der Waals surface area contributed by atoms with Crippen molar-refractivity contribution in [3.8, 4) is 0 Å². The minimum Gasteiger partial charge on any atom is -0.460 e. The molecule has 2 rings (SSSR count). The summed E-state index contributed by atoms with van der Waals surface area (Å²) in [6.07, 6.45) is 3.10. The molecule has 0 aromatic carbocycles. The zero-order chi connectivity index (χ0) is 28.7. The van der Waals surface area contributed by atoms with Gasteiger partial charge in [-0.05, 0) is 79.4 Å². The van der Waals surface area contributed by atoms with Gasteiger partial charge in [0.15, 0.2) is 11.6 Å². The van der Waals surface area contributed by atoms with Crippen molar-refractivity contribution in [3.05, 3.63) is 10.2 Å². The number of halogens is 1. The SMILES string of the molecule is CC(C)(C)OC(=O)C[C@H]1C[C@@H](C=CI)OC(C)(C)O1.CC(C)(C)OC(=O)C[C@H]1C[C@@H](C=O)OC(C)(C)O1. The molecule has 2 saturated heterocycles. The highest BCUT2D eigenvalue weighted by molar-refractivity contribution is 14.1. The molecule has 0 amide bonds. The zero-order valence-corrected chi connectivity index (χ0v) is 26.1. The number of aldehydes is 1. The van der Waals surface area contributed by atoms with Gasteiger partial charge in [-0.25, -0.2) is 0 Å². The minimum atomic E-state index is -0.851. The van der Waals surface area contributed by atoms with Crippen LogP contribution in [-0.2, 0) is 42.8 Å². The topological polar surface area (TPSA) is 107 Å². The van der Waals surface area contributed by atoms with Gasteiger partial charge in [-0.15, -0.1) is 0 Å². The van der Waals surface area contributed by atoms with E-state index in [1.165, 1.54) is 0 Å². The molecule has 2 aliphatic rings. The Balaban J connectivity index is 0.000000371. The van der Waals surface area contributed by atoms with E-state index in [0.29, 0.717) is 12.8 Å². The Kier molecular flexibility index (Phi) is 12.7. The predicted molar refractivity (Wildman–Crippen MR) is 147 cm³/mol. The molecule has 2 aliphatic heterocycles. The molecule has 0 bridgehead atoms. The summed E-state index contributed by atoms with van der Waals surface area (Å²) in [5.74, 6) is -2.08. The van der Waals surface area contributed by atoms with Crippen LogP contribution in [0.3, 0.4) is 0 Å². The van der Waals surface area contributed by atoms with Crippen LogP contribution in [-0.4, -0.2) is 65.4 Å². The molecule has 2 heterocycles. The lowest BCUT2D eigenvalue weighted by molar-refractivity contribution is -0.291. The maximum Gasteiger partial charge on any atom is 0.308 e. The van der Waals surface area contributed by atoms with Crippen molar-refractivity contribution in [1.29, 1.82) is 0 Å². The number of esters is 2. The largest absolute Gasteiger partial charge is 0.460 e. The second-order valence-electron chi connectivity index (χ2n) is 12.1. The molecule has 37 heavy (non-hydrogen) atoms. The third kappa shape index (κ3) is 15.2. The predicted octanol–water partition coefficient (Wildman–Crippen LogP) is 5.40. The highest BCUT2D eigenvalue weighted by atomic mass is 127. The third-order valence-corrected chi connectivity index (χ3v) is 5.24. The monoisotopic (exact) mass is 640 g/mol. The summed E-state index contributed by atoms with van der Waals surface area (Å²) in [6.45, 7) is 18.2. The van der Waals surface area contributed by atoms with Crippen LogP contribution in [0.4, 0.5) is 0 Å². The molecular formula is C27H45IO9. The van der Waals surface area contributed by atoms with Crippen molar-refractivity contribution in [1.82, 2.24) is 0 Å². The number of ether oxygens (including phenoxy) is 6. The molecule has 0 spiro atoms. The van der Waals surface area contributed by atoms with Gasteiger partial charge in [-0.1, -0.05) is 22.6 Å². The number of rotatable bonds is 6. The van der Waals surface area contributed by atoms with Crippen LogP contribution in [0, 0.1) is 0 Å². The Hall–Kier alpha value is -1.08. The summed E-state index contributed by atoms with van der Waals surface area (Å²) in [5, 5.41) is 0. The average Bonchev–Trinajstić information content (AvgIpc) is 2.62. The highest BCUT2D eigenvalue weighted by Gasteiger charge is 2.37. The van der Waals surface area contributed by atoms with Crippen molar-refractivity contribution in [2.45, 2.75) is 142 Å². The third-order valence-electron chi connectivity index (χ3n) is 4.83. The van der Waals surface area contributed by atoms with E-state index in [2.05, 4.69) is 22.6 Å². The quantitative estimate of drug-likeness (QED) is 0.214. The van der Waals surface area contributed by atoms with Gasteiger partial charge >= 0.3 is 11.9 Å². The Morgan fingerprint density at radius 3 is 1.51 bits per heavy atom. The molecule has 9 nitrogen and oxygen atoms in total. The standard InChI is InChI=1S/C14H23IO4.C13H22O5/c1-13(2,3)19-12(16)9-11-8-10(6-7-15)17-14(4,5)18-11;1-12(2,3)18-11(15)7-9-6-10(8-14)17-13(4,5)16-9/h6-7,10-11H,8-9H2,1-5H3;8-10H,6-7H2,1-5H3/t10-,11-;9-,10+/m11/s1. The van der Waals surface area contributed by atoms with Crippen molar-refractivity contribution < 1.29 is 42.8 Å². The summed E-state index contributed by atoms with van der Waals surface area (Å²) in [6, 6.07) is 0. The van der Waals surface area contributed by atoms with E-state index in [1.54, 1.807) is 13.8 Å². The summed E-state index contributed by atoms with van der Waals surface area (Å²) in [7, 11) is 0. The van der Waals surface area contributed by atoms with E-state index in [9.17, 15) is 14.4 Å². The van der Waals surface area contributed by atoms with Gasteiger partial charge in [0, 0.05) is 12.8 Å². The molecular weight excluding hydrogens is 595 g/mol. The van der Waals surface area contributed by atoms with Crippen LogP contribution < -0.4 is 0 Å². The highest BCUT2D eigenvalue weighted by Crippen LogP contribution is 2.30. The Bertz CT molecular complexity index is 793. The molecule has 214 valence electrons. The van der Waals surface area contributed by atoms with Gasteiger partial charge in [0.05, 0.1) is 31.2 Å². The van der Waals surface area contributed by atoms with Gasteiger partial charge in [-0.2, -0.15) is 0 Å². The van der Waals surface area contributed by atoms with Gasteiger partial charge in [0.2, 0.25) is 0 Å². The summed E-state index contributed by atoms with van der Waals surface area (Å²) < 4.78 is 35.0. The molecule has 10 heteroatoms. The first-order valence-electron chi connectivity index (χ1n) is 12.6. The summed E-state index contributed by atoms with van der Waals surface area (Å²) in [5.41, 5.74) is -0.971. The van der Waals surface area contributed by atoms with Gasteiger partial charge in [0.1, 0.15) is 23.6 Å². The number of carbonyl (C=O) groups excluding carboxylic acids is 3. The second kappa shape index (κ2) is 13.8. The van der Waals surface area contributed by atoms with Crippen molar-refractivity contribution in [3.63, 3.8) is 0 Å². The Morgan fingerprint density at radius 1 is 0.784 bits per heavy atom. The first-order valence-corrected chi connectivity index (χ1v) is 13.8. The van der Waals surface area contributed by atoms with E-state index in [1.807, 2.05) is 65.5 Å². The lowest BCUT2D eigenvalue weighted by Crippen LogP contribution is -2.46. The molecule has 0 aliphatic carbocycles. The van der Waals surface area contributed by atoms with Gasteiger partial charge < -0.3 is 33.2 Å². The average molecular weight is 641 g/mol. The maximum atomic E-state index is 11.8. The molecule has 0 radical (unpaired) electrons. The first-order chi connectivity index (χ1) is 16.7. The number of carbonyl (C=O) groups is 3. The Labute approximate surface area is 235 Å². The summed E-state index contributed by atoms with van der Waals surface area (Å²) >= 11 is 2.16. The van der Waals surface area contributed by atoms with E-state index in [4.69, 9.17) is 28.4 Å². The molecule has 0 aromatic heterocycles. The lowest BCUT2D eigenvalue weighted by atomic mass is 10.1. The van der Waals surface area contributed by atoms with Gasteiger partial charge in [0.25, 0.3) is 0 Å². The van der Waals surface area contributed by atoms with Crippen LogP contribution in [0.25, 0.3) is 0 Å². The van der Waals surface area contributed by atoms with Crippen LogP contribution >= 0.6 is 22.6 Å². The fourth-order valence-corrected chi connectivity index (χ4v) is 4.43. The van der Waals surface area contributed by atoms with E-state index < -0.39 is 28.9 Å². The second-order valence-corrected chi connectivity index (χ2v) is 12.8. The molecule has 0 N–H and O–H groups in total. The van der Waals surface area contributed by atoms with E-state index in [0.717, 1.165) is 6.29 Å².